The average Bonchev–Trinajstić information content (AvgIpc) is 3.03. The van der Waals surface area contributed by atoms with Gasteiger partial charge in [0.15, 0.2) is 0 Å². The fourth-order valence-electron chi connectivity index (χ4n) is 3.69. The lowest BCUT2D eigenvalue weighted by Gasteiger charge is -2.27. The van der Waals surface area contributed by atoms with Crippen LogP contribution in [-0.4, -0.2) is 54.1 Å². The second-order valence-corrected chi connectivity index (χ2v) is 6.94. The summed E-state index contributed by atoms with van der Waals surface area (Å²) in [5.74, 6) is 1.83. The number of rotatable bonds is 2. The number of anilines is 2. The molecule has 0 amide bonds. The highest BCUT2D eigenvalue weighted by Gasteiger charge is 2.35. The van der Waals surface area contributed by atoms with E-state index in [1.165, 1.54) is 24.6 Å². The second-order valence-electron chi connectivity index (χ2n) is 6.05. The molecular formula is C15H21N5S. The molecule has 2 bridgehead atoms. The predicted octanol–water partition coefficient (Wildman–Crippen LogP) is 2.41. The molecule has 0 aliphatic carbocycles. The minimum absolute atomic E-state index is 0.666. The summed E-state index contributed by atoms with van der Waals surface area (Å²) in [5.41, 5.74) is 0. The Morgan fingerprint density at radius 3 is 2.95 bits per heavy atom. The maximum absolute atomic E-state index is 4.76. The average molecular weight is 303 g/mol. The van der Waals surface area contributed by atoms with Crippen LogP contribution < -0.4 is 10.2 Å². The Hall–Kier alpha value is -1.40. The maximum Gasteiger partial charge on any atom is 0.225 e. The van der Waals surface area contributed by atoms with Crippen LogP contribution in [0.3, 0.4) is 0 Å². The molecule has 2 saturated heterocycles. The van der Waals surface area contributed by atoms with Crippen LogP contribution in [0.25, 0.3) is 10.2 Å². The molecule has 112 valence electrons. The molecule has 21 heavy (non-hydrogen) atoms. The van der Waals surface area contributed by atoms with Crippen LogP contribution in [-0.2, 0) is 0 Å². The molecular weight excluding hydrogens is 282 g/mol. The van der Waals surface area contributed by atoms with Crippen molar-refractivity contribution in [2.75, 3.05) is 37.4 Å². The van der Waals surface area contributed by atoms with Gasteiger partial charge in [0.05, 0.1) is 5.39 Å². The Balaban J connectivity index is 1.74. The Bertz CT molecular complexity index is 655. The molecule has 2 fully saturated rings. The van der Waals surface area contributed by atoms with Gasteiger partial charge in [0.25, 0.3) is 0 Å². The lowest BCUT2D eigenvalue weighted by molar-refractivity contribution is 0.254. The van der Waals surface area contributed by atoms with Crippen LogP contribution in [0.15, 0.2) is 11.4 Å². The third-order valence-corrected chi connectivity index (χ3v) is 5.78. The quantitative estimate of drug-likeness (QED) is 0.923. The Labute approximate surface area is 129 Å². The Morgan fingerprint density at radius 1 is 1.24 bits per heavy atom. The van der Waals surface area contributed by atoms with Gasteiger partial charge in [-0.1, -0.05) is 0 Å². The van der Waals surface area contributed by atoms with E-state index in [0.29, 0.717) is 6.04 Å². The second kappa shape index (κ2) is 5.10. The first-order valence-corrected chi connectivity index (χ1v) is 8.54. The van der Waals surface area contributed by atoms with Crippen LogP contribution in [0.2, 0.25) is 0 Å². The predicted molar refractivity (Wildman–Crippen MR) is 88.4 cm³/mol. The van der Waals surface area contributed by atoms with Crippen molar-refractivity contribution in [1.29, 1.82) is 0 Å². The van der Waals surface area contributed by atoms with Gasteiger partial charge < -0.3 is 10.2 Å². The molecule has 5 nitrogen and oxygen atoms in total. The molecule has 1 N–H and O–H groups in total. The van der Waals surface area contributed by atoms with Gasteiger partial charge >= 0.3 is 0 Å². The number of aromatic nitrogens is 2. The molecule has 2 atom stereocenters. The summed E-state index contributed by atoms with van der Waals surface area (Å²) in [6.07, 6.45) is 3.90. The van der Waals surface area contributed by atoms with E-state index < -0.39 is 0 Å². The van der Waals surface area contributed by atoms with E-state index in [1.807, 2.05) is 7.05 Å². The number of likely N-dealkylation sites (N-methyl/N-ethyl adjacent to an activating group) is 1. The number of thiophene rings is 1. The molecule has 2 aliphatic rings. The lowest BCUT2D eigenvalue weighted by atomic mass is 10.1. The Morgan fingerprint density at radius 2 is 2.10 bits per heavy atom. The molecule has 2 aromatic rings. The SMILES string of the molecule is CNc1nc(N2CCC3CCC(C2)N3C)c2ccsc2n1. The number of fused-ring (bicyclic) bond motifs is 3. The van der Waals surface area contributed by atoms with E-state index >= 15 is 0 Å². The first kappa shape index (κ1) is 13.3. The minimum Gasteiger partial charge on any atom is -0.357 e. The third-order valence-electron chi connectivity index (χ3n) is 4.98. The molecule has 0 radical (unpaired) electrons. The van der Waals surface area contributed by atoms with E-state index in [9.17, 15) is 0 Å². The number of nitrogens with one attached hydrogen (secondary N) is 1. The summed E-state index contributed by atoms with van der Waals surface area (Å²) in [7, 11) is 4.17. The summed E-state index contributed by atoms with van der Waals surface area (Å²) in [5, 5.41) is 6.40. The van der Waals surface area contributed by atoms with Gasteiger partial charge in [-0.2, -0.15) is 4.98 Å². The molecule has 0 spiro atoms. The highest BCUT2D eigenvalue weighted by atomic mass is 32.1. The standard InChI is InChI=1S/C15H21N5S/c1-16-15-17-13(12-6-8-21-14(12)18-15)20-7-5-10-3-4-11(9-20)19(10)2/h6,8,10-11H,3-5,7,9H2,1-2H3,(H,16,17,18). The zero-order chi connectivity index (χ0) is 14.4. The molecule has 6 heteroatoms. The summed E-state index contributed by atoms with van der Waals surface area (Å²) in [6, 6.07) is 3.57. The minimum atomic E-state index is 0.666. The third kappa shape index (κ3) is 2.17. The van der Waals surface area contributed by atoms with Crippen molar-refractivity contribution in [3.8, 4) is 0 Å². The lowest BCUT2D eigenvalue weighted by Crippen LogP contribution is -2.37. The number of hydrogen-bond acceptors (Lipinski definition) is 6. The largest absolute Gasteiger partial charge is 0.357 e. The van der Waals surface area contributed by atoms with Crippen molar-refractivity contribution >= 4 is 33.3 Å². The molecule has 4 heterocycles. The van der Waals surface area contributed by atoms with Crippen LogP contribution >= 0.6 is 11.3 Å². The fraction of sp³-hybridized carbons (Fsp3) is 0.600. The highest BCUT2D eigenvalue weighted by molar-refractivity contribution is 7.16. The van der Waals surface area contributed by atoms with Crippen LogP contribution in [0, 0.1) is 0 Å². The molecule has 2 aliphatic heterocycles. The van der Waals surface area contributed by atoms with Gasteiger partial charge in [-0.3, -0.25) is 4.90 Å². The van der Waals surface area contributed by atoms with E-state index in [0.717, 1.165) is 35.7 Å². The van der Waals surface area contributed by atoms with E-state index in [-0.39, 0.29) is 0 Å². The van der Waals surface area contributed by atoms with E-state index in [1.54, 1.807) is 11.3 Å². The van der Waals surface area contributed by atoms with Crippen molar-refractivity contribution in [3.05, 3.63) is 11.4 Å². The van der Waals surface area contributed by atoms with E-state index in [2.05, 4.69) is 38.6 Å². The van der Waals surface area contributed by atoms with Gasteiger partial charge in [0.2, 0.25) is 5.95 Å². The van der Waals surface area contributed by atoms with Crippen molar-refractivity contribution in [2.45, 2.75) is 31.3 Å². The van der Waals surface area contributed by atoms with Gasteiger partial charge in [-0.25, -0.2) is 4.98 Å². The zero-order valence-corrected chi connectivity index (χ0v) is 13.4. The summed E-state index contributed by atoms with van der Waals surface area (Å²) < 4.78 is 0. The van der Waals surface area contributed by atoms with Crippen molar-refractivity contribution in [2.24, 2.45) is 0 Å². The van der Waals surface area contributed by atoms with Crippen LogP contribution in [0.4, 0.5) is 11.8 Å². The van der Waals surface area contributed by atoms with E-state index in [4.69, 9.17) is 4.98 Å². The molecule has 2 unspecified atom stereocenters. The molecule has 0 aromatic carbocycles. The number of nitrogens with zero attached hydrogens (tertiary/aromatic N) is 4. The van der Waals surface area contributed by atoms with Gasteiger partial charge in [0.1, 0.15) is 10.6 Å². The van der Waals surface area contributed by atoms with Gasteiger partial charge in [-0.05, 0) is 37.8 Å². The first-order chi connectivity index (χ1) is 10.3. The summed E-state index contributed by atoms with van der Waals surface area (Å²) in [6.45, 7) is 2.18. The summed E-state index contributed by atoms with van der Waals surface area (Å²) >= 11 is 1.69. The van der Waals surface area contributed by atoms with Gasteiger partial charge in [0, 0.05) is 32.2 Å². The zero-order valence-electron chi connectivity index (χ0n) is 12.5. The molecule has 0 saturated carbocycles. The van der Waals surface area contributed by atoms with Crippen LogP contribution in [0.5, 0.6) is 0 Å². The maximum atomic E-state index is 4.76. The normalized spacial score (nSPS) is 26.3. The van der Waals surface area contributed by atoms with Gasteiger partial charge in [-0.15, -0.1) is 11.3 Å². The first-order valence-electron chi connectivity index (χ1n) is 7.66. The molecule has 4 rings (SSSR count). The van der Waals surface area contributed by atoms with Crippen molar-refractivity contribution in [1.82, 2.24) is 14.9 Å². The molecule has 2 aromatic heterocycles. The fourth-order valence-corrected chi connectivity index (χ4v) is 4.45. The summed E-state index contributed by atoms with van der Waals surface area (Å²) in [4.78, 5) is 15.4. The van der Waals surface area contributed by atoms with Crippen LogP contribution in [0.1, 0.15) is 19.3 Å². The van der Waals surface area contributed by atoms with Crippen molar-refractivity contribution in [3.63, 3.8) is 0 Å². The topological polar surface area (TPSA) is 44.3 Å². The van der Waals surface area contributed by atoms with Crippen molar-refractivity contribution < 1.29 is 0 Å². The monoisotopic (exact) mass is 303 g/mol. The smallest absolute Gasteiger partial charge is 0.225 e. The highest BCUT2D eigenvalue weighted by Crippen LogP contribution is 2.34. The Kier molecular flexibility index (Phi) is 3.23. The number of hydrogen-bond donors (Lipinski definition) is 1.